The maximum absolute atomic E-state index is 15.7. The van der Waals surface area contributed by atoms with Gasteiger partial charge < -0.3 is 25.1 Å². The first-order chi connectivity index (χ1) is 37.4. The molecule has 4 aliphatic rings. The van der Waals surface area contributed by atoms with Gasteiger partial charge in [-0.25, -0.2) is 47.2 Å². The van der Waals surface area contributed by atoms with Crippen LogP contribution < -0.4 is 10.5 Å². The van der Waals surface area contributed by atoms with Crippen molar-refractivity contribution in [3.05, 3.63) is 112 Å². The number of amides is 1. The molecule has 2 aliphatic heterocycles. The van der Waals surface area contributed by atoms with Gasteiger partial charge in [0, 0.05) is 37.6 Å². The molecule has 8 rings (SSSR count). The summed E-state index contributed by atoms with van der Waals surface area (Å²) >= 11 is 8.20. The number of fused-ring (bicyclic) bond motifs is 2. The number of nitrogens with two attached hydrogens (primary N) is 1. The molecule has 0 unspecified atom stereocenters. The number of hydrogen-bond acceptors (Lipinski definition) is 16. The minimum Gasteiger partial charge on any atom is -0.463 e. The highest BCUT2D eigenvalue weighted by Gasteiger charge is 2.71. The fraction of sp³-hybridized carbons (Fsp3) is 0.421. The van der Waals surface area contributed by atoms with Gasteiger partial charge in [-0.3, -0.25) is 19.6 Å². The molecule has 6 atom stereocenters. The molecule has 4 aromatic rings. The van der Waals surface area contributed by atoms with E-state index in [9.17, 15) is 23.2 Å². The molecule has 2 fully saturated rings. The summed E-state index contributed by atoms with van der Waals surface area (Å²) in [5.41, 5.74) is 4.10. The number of rotatable bonds is 15. The lowest BCUT2D eigenvalue weighted by Crippen LogP contribution is -2.46. The van der Waals surface area contributed by atoms with Gasteiger partial charge in [-0.05, 0) is 115 Å². The Morgan fingerprint density at radius 2 is 1.35 bits per heavy atom. The van der Waals surface area contributed by atoms with Crippen molar-refractivity contribution < 1.29 is 51.3 Å². The maximum atomic E-state index is 15.7. The quantitative estimate of drug-likeness (QED) is 0.0374. The normalized spacial score (nSPS) is 23.8. The molecule has 424 valence electrons. The summed E-state index contributed by atoms with van der Waals surface area (Å²) in [4.78, 5) is 65.3. The van der Waals surface area contributed by atoms with Crippen molar-refractivity contribution in [2.45, 2.75) is 113 Å². The van der Waals surface area contributed by atoms with Crippen molar-refractivity contribution in [3.63, 3.8) is 0 Å². The first kappa shape index (κ1) is 62.8. The summed E-state index contributed by atoms with van der Waals surface area (Å²) in [5.74, 6) is 1.42. The number of hydrogen-bond donors (Lipinski definition) is 2. The van der Waals surface area contributed by atoms with E-state index in [4.69, 9.17) is 48.1 Å². The largest absolute Gasteiger partial charge is 0.463 e. The van der Waals surface area contributed by atoms with E-state index in [1.807, 2.05) is 5.92 Å². The fourth-order valence-electron chi connectivity index (χ4n) is 9.12. The third-order valence-electron chi connectivity index (χ3n) is 13.5. The number of carbonyl (C=O) groups is 3. The van der Waals surface area contributed by atoms with Gasteiger partial charge in [0.1, 0.15) is 58.7 Å². The first-order valence-corrected chi connectivity index (χ1v) is 30.9. The number of nitrogens with zero attached hydrogens (tertiary/aromatic N) is 7. The minimum atomic E-state index is -1.41. The van der Waals surface area contributed by atoms with Crippen LogP contribution in [0.4, 0.5) is 22.4 Å². The van der Waals surface area contributed by atoms with Crippen LogP contribution in [0.15, 0.2) is 71.2 Å². The van der Waals surface area contributed by atoms with Gasteiger partial charge in [0.05, 0.1) is 45.4 Å². The van der Waals surface area contributed by atoms with Crippen molar-refractivity contribution in [1.29, 1.82) is 0 Å². The van der Waals surface area contributed by atoms with E-state index in [1.165, 1.54) is 116 Å². The van der Waals surface area contributed by atoms with Crippen molar-refractivity contribution >= 4 is 95.0 Å². The summed E-state index contributed by atoms with van der Waals surface area (Å²) in [6, 6.07) is 9.33. The Morgan fingerprint density at radius 1 is 0.838 bits per heavy atom. The third kappa shape index (κ3) is 14.7. The molecule has 0 bridgehead atoms. The second-order valence-electron chi connectivity index (χ2n) is 21.8. The summed E-state index contributed by atoms with van der Waals surface area (Å²) in [7, 11) is -1.41. The van der Waals surface area contributed by atoms with Crippen molar-refractivity contribution in [3.8, 4) is 30.6 Å². The number of thioether (sulfide) groups is 2. The summed E-state index contributed by atoms with van der Waals surface area (Å²) in [6.45, 7) is 18.6. The number of ketones is 2. The predicted molar refractivity (Wildman–Crippen MR) is 309 cm³/mol. The molecular weight excluding hydrogens is 1110 g/mol. The second-order valence-corrected chi connectivity index (χ2v) is 30.4. The zero-order chi connectivity index (χ0) is 59.2. The highest BCUT2D eigenvalue weighted by atomic mass is 35.5. The van der Waals surface area contributed by atoms with Crippen LogP contribution in [-0.4, -0.2) is 108 Å². The first-order valence-electron chi connectivity index (χ1n) is 25.1. The van der Waals surface area contributed by atoms with E-state index in [2.05, 4.69) is 56.9 Å². The van der Waals surface area contributed by atoms with E-state index in [1.54, 1.807) is 34.6 Å². The molecular formula is C57H63ClF4N8O7S2Si. The van der Waals surface area contributed by atoms with Crippen LogP contribution in [-0.2, 0) is 30.1 Å². The Kier molecular flexibility index (Phi) is 19.8. The number of terminal acetylenes is 2. The van der Waals surface area contributed by atoms with Crippen LogP contribution in [0.2, 0.25) is 30.8 Å². The minimum absolute atomic E-state index is 0.00711. The van der Waals surface area contributed by atoms with Gasteiger partial charge in [-0.2, -0.15) is 0 Å². The number of aliphatic hydroxyl groups excluding tert-OH is 1. The molecule has 3 N–H and O–H groups in total. The van der Waals surface area contributed by atoms with E-state index in [0.29, 0.717) is 30.6 Å². The summed E-state index contributed by atoms with van der Waals surface area (Å²) in [5, 5.41) is 8.22. The fourth-order valence-corrected chi connectivity index (χ4v) is 12.9. The van der Waals surface area contributed by atoms with E-state index < -0.39 is 63.6 Å². The lowest BCUT2D eigenvalue weighted by atomic mass is 9.84. The van der Waals surface area contributed by atoms with Crippen molar-refractivity contribution in [2.75, 3.05) is 26.6 Å². The standard InChI is InChI=1S/C31H39ClF2N4O4SSi.C23H20F2N4O2S.C3H4O/c1-19(39)31-15-25(31)30(5,21-13-20(9-10-22(21)33)14-23(34)24-16-36-26(32)17-35-24)37-27(43-31)38(28(40)42-29(2,3)4)18-41-11-12-44(6,7)8;1-4-7-31-20-12-27-18(11-28-20)17(25)9-14-5-6-16(24)15(8-14)22(3)19-10-23(19,13(2)30)32-21(26)29-22;1-2-3-4/h9-10,13-14,16-17,25H,11-12,15,18H2,1-8H3;1,5-6,8-9,11-12,19H,7,10H2,2-3H3,(H2,26,29);1,4H,3H2/b23-14-;17-9-;/t25-,30+,31+;19-,22+,23+;/m00./s1. The van der Waals surface area contributed by atoms with E-state index in [0.717, 1.165) is 6.04 Å². The van der Waals surface area contributed by atoms with Gasteiger partial charge in [0.25, 0.3) is 0 Å². The maximum Gasteiger partial charge on any atom is 0.418 e. The molecule has 4 heterocycles. The van der Waals surface area contributed by atoms with Gasteiger partial charge in [-0.15, -0.1) is 12.8 Å². The second kappa shape index (κ2) is 25.2. The van der Waals surface area contributed by atoms with Crippen LogP contribution in [0.1, 0.15) is 94.9 Å². The lowest BCUT2D eigenvalue weighted by Gasteiger charge is -2.37. The molecule has 0 radical (unpaired) electrons. The van der Waals surface area contributed by atoms with Crippen molar-refractivity contribution in [1.82, 2.24) is 24.8 Å². The van der Waals surface area contributed by atoms with Gasteiger partial charge in [0.15, 0.2) is 28.6 Å². The Labute approximate surface area is 478 Å². The molecule has 2 saturated carbocycles. The van der Waals surface area contributed by atoms with Crippen LogP contribution in [0.3, 0.4) is 0 Å². The summed E-state index contributed by atoms with van der Waals surface area (Å²) in [6.07, 6.45) is 17.3. The van der Waals surface area contributed by atoms with Gasteiger partial charge in [-0.1, -0.05) is 78.7 Å². The van der Waals surface area contributed by atoms with Crippen LogP contribution in [0.5, 0.6) is 5.88 Å². The van der Waals surface area contributed by atoms with Crippen molar-refractivity contribution in [2.24, 2.45) is 27.6 Å². The molecule has 0 spiro atoms. The topological polar surface area (TPSA) is 205 Å². The molecule has 1 amide bonds. The molecule has 0 saturated heterocycles. The molecule has 2 aliphatic carbocycles. The third-order valence-corrected chi connectivity index (χ3v) is 18.4. The molecule has 15 nitrogen and oxygen atoms in total. The SMILES string of the molecule is C#CCO.C#CCOc1cnc(/C(F)=C/c2ccc(F)c([C@@]3(C)N=C(N)S[C@@]4(C(C)=O)C[C@H]43)c2)cn1.CC(=O)[C@]12C[C@H]1[C@@](C)(c1cc(/C=C(\F)c3cnc(Cl)cn3)ccc1F)N=C(N(COCC[Si](C)(C)C)C(=O)OC(C)(C)C)S2. The zero-order valence-corrected chi connectivity index (χ0v) is 49.4. The molecule has 2 aromatic carbocycles. The Bertz CT molecular complexity index is 3220. The zero-order valence-electron chi connectivity index (χ0n) is 46.0. The number of benzene rings is 2. The number of carbonyl (C=O) groups excluding carboxylic acids is 3. The highest BCUT2D eigenvalue weighted by Crippen LogP contribution is 2.68. The van der Waals surface area contributed by atoms with Gasteiger partial charge in [0.2, 0.25) is 5.88 Å². The van der Waals surface area contributed by atoms with E-state index in [-0.39, 0.29) is 87.2 Å². The molecule has 2 aromatic heterocycles. The lowest BCUT2D eigenvalue weighted by molar-refractivity contribution is -0.118. The molecule has 80 heavy (non-hydrogen) atoms. The van der Waals surface area contributed by atoms with Crippen LogP contribution in [0, 0.1) is 48.2 Å². The number of ether oxygens (including phenoxy) is 3. The smallest absolute Gasteiger partial charge is 0.418 e. The average molecular weight is 1180 g/mol. The molecule has 23 heteroatoms. The van der Waals surface area contributed by atoms with Crippen LogP contribution >= 0.6 is 35.1 Å². The number of amidine groups is 2. The van der Waals surface area contributed by atoms with Crippen LogP contribution in [0.25, 0.3) is 23.8 Å². The van der Waals surface area contributed by atoms with E-state index >= 15 is 8.78 Å². The predicted octanol–water partition coefficient (Wildman–Crippen LogP) is 11.3. The Balaban J connectivity index is 0.000000252. The van der Waals surface area contributed by atoms with Gasteiger partial charge >= 0.3 is 6.09 Å². The Morgan fingerprint density at radius 3 is 1.80 bits per heavy atom. The number of halogens is 5. The highest BCUT2D eigenvalue weighted by molar-refractivity contribution is 8.16. The summed E-state index contributed by atoms with van der Waals surface area (Å²) < 4.78 is 75.6. The average Bonchev–Trinajstić information content (AvgIpc) is 4.23. The number of aromatic nitrogens is 4. The number of aliphatic hydroxyl groups is 1. The Hall–Kier alpha value is -6.40. The monoisotopic (exact) mass is 1170 g/mol. The number of aliphatic imine (C=N–C) groups is 2. The number of Topliss-reactive ketones (excluding diaryl/α,β-unsaturated/α-hetero) is 2.